The van der Waals surface area contributed by atoms with E-state index >= 15 is 0 Å². The van der Waals surface area contributed by atoms with E-state index in [9.17, 15) is 19.2 Å². The zero-order chi connectivity index (χ0) is 33.6. The van der Waals surface area contributed by atoms with E-state index in [4.69, 9.17) is 20.2 Å². The van der Waals surface area contributed by atoms with Gasteiger partial charge in [-0.1, -0.05) is 32.9 Å². The molecule has 45 heavy (non-hydrogen) atoms. The number of primary amides is 1. The Morgan fingerprint density at radius 3 is 2.27 bits per heavy atom. The van der Waals surface area contributed by atoms with Gasteiger partial charge in [0.2, 0.25) is 11.8 Å². The summed E-state index contributed by atoms with van der Waals surface area (Å²) >= 11 is 1.46. The maximum atomic E-state index is 12.8. The number of hydrogen-bond donors (Lipinski definition) is 5. The molecule has 2 atom stereocenters. The molecule has 6 N–H and O–H groups in total. The van der Waals surface area contributed by atoms with Crippen molar-refractivity contribution in [3.8, 4) is 0 Å². The summed E-state index contributed by atoms with van der Waals surface area (Å²) < 4.78 is 11.1. The summed E-state index contributed by atoms with van der Waals surface area (Å²) in [7, 11) is 1.66. The topological polar surface area (TPSA) is 177 Å². The summed E-state index contributed by atoms with van der Waals surface area (Å²) in [5.74, 6) is -2.06. The predicted octanol–water partition coefficient (Wildman–Crippen LogP) is 4.19. The molecular formula is C31H47N7O6S. The molecular weight excluding hydrogens is 598 g/mol. The van der Waals surface area contributed by atoms with Gasteiger partial charge in [0.1, 0.15) is 0 Å². The average Bonchev–Trinajstić information content (AvgIpc) is 3.52. The van der Waals surface area contributed by atoms with Crippen molar-refractivity contribution in [2.75, 3.05) is 30.8 Å². The molecule has 14 heteroatoms. The van der Waals surface area contributed by atoms with Crippen LogP contribution in [0.1, 0.15) is 71.0 Å². The molecule has 1 aromatic heterocycles. The van der Waals surface area contributed by atoms with Crippen LogP contribution in [0.3, 0.4) is 0 Å². The first kappa shape index (κ1) is 35.6. The second kappa shape index (κ2) is 14.5. The number of benzene rings is 1. The number of rotatable bonds is 11. The largest absolute Gasteiger partial charge is 0.412 e. The van der Waals surface area contributed by atoms with Crippen molar-refractivity contribution in [1.29, 1.82) is 0 Å². The number of ether oxygens (including phenoxy) is 2. The van der Waals surface area contributed by atoms with Crippen molar-refractivity contribution in [1.82, 2.24) is 20.5 Å². The SMILES string of the molecule is CNC(=O)[C@H]1CCN(Cc2sc(NC(C)=O)nc2CCc2ccc(NC(OC(N)=O)(OC(=O)NC(C)(C)C)C(C)(C)C)cc2)C1. The van der Waals surface area contributed by atoms with Gasteiger partial charge < -0.3 is 36.5 Å². The minimum Gasteiger partial charge on any atom is -0.387 e. The van der Waals surface area contributed by atoms with Gasteiger partial charge in [0.25, 0.3) is 0 Å². The van der Waals surface area contributed by atoms with Crippen molar-refractivity contribution >= 4 is 46.2 Å². The van der Waals surface area contributed by atoms with Crippen LogP contribution in [-0.4, -0.2) is 65.5 Å². The monoisotopic (exact) mass is 645 g/mol. The standard InChI is InChI=1S/C31H47N7O6S/c1-19(39)34-27-35-23(24(45-27)18-38-16-15-21(17-38)25(40)33-8)14-11-20-9-12-22(13-10-20)36-31(29(2,3)4,43-26(32)41)44-28(42)37-30(5,6)7/h9-10,12-13,21,36H,11,14-18H2,1-8H3,(H2,32,41)(H,33,40)(H,37,42)(H,34,35,39)/t21-,31?/m0/s1. The molecule has 1 unspecified atom stereocenters. The third-order valence-electron chi connectivity index (χ3n) is 7.18. The third kappa shape index (κ3) is 10.3. The van der Waals surface area contributed by atoms with Gasteiger partial charge in [0.15, 0.2) is 5.13 Å². The molecule has 13 nitrogen and oxygen atoms in total. The number of anilines is 2. The normalized spacial score (nSPS) is 16.8. The second-order valence-electron chi connectivity index (χ2n) is 13.3. The van der Waals surface area contributed by atoms with Gasteiger partial charge in [-0.3, -0.25) is 14.5 Å². The van der Waals surface area contributed by atoms with Crippen LogP contribution in [0.25, 0.3) is 0 Å². The maximum absolute atomic E-state index is 12.8. The number of hydrogen-bond acceptors (Lipinski definition) is 10. The van der Waals surface area contributed by atoms with Crippen LogP contribution < -0.4 is 27.0 Å². The van der Waals surface area contributed by atoms with E-state index in [1.54, 1.807) is 60.7 Å². The van der Waals surface area contributed by atoms with Crippen LogP contribution >= 0.6 is 11.3 Å². The summed E-state index contributed by atoms with van der Waals surface area (Å²) in [6, 6.07) is 7.45. The van der Waals surface area contributed by atoms with Crippen LogP contribution in [0.15, 0.2) is 24.3 Å². The molecule has 1 saturated heterocycles. The Morgan fingerprint density at radius 2 is 1.71 bits per heavy atom. The fraction of sp³-hybridized carbons (Fsp3) is 0.581. The lowest BCUT2D eigenvalue weighted by Gasteiger charge is -2.42. The number of likely N-dealkylation sites (tertiary alicyclic amines) is 1. The molecule has 248 valence electrons. The Hall–Kier alpha value is -3.91. The summed E-state index contributed by atoms with van der Waals surface area (Å²) in [4.78, 5) is 56.5. The average molecular weight is 646 g/mol. The number of nitrogens with two attached hydrogens (primary N) is 1. The molecule has 0 spiro atoms. The summed E-state index contributed by atoms with van der Waals surface area (Å²) in [6.07, 6.45) is 0.230. The molecule has 4 amide bonds. The van der Waals surface area contributed by atoms with Crippen molar-refractivity contribution in [2.24, 2.45) is 17.1 Å². The zero-order valence-corrected chi connectivity index (χ0v) is 28.3. The molecule has 2 heterocycles. The molecule has 0 bridgehead atoms. The Morgan fingerprint density at radius 1 is 1.04 bits per heavy atom. The minimum absolute atomic E-state index is 0.0306. The number of aryl methyl sites for hydroxylation is 2. The highest BCUT2D eigenvalue weighted by molar-refractivity contribution is 7.15. The van der Waals surface area contributed by atoms with Gasteiger partial charge in [0.05, 0.1) is 17.0 Å². The number of aromatic nitrogens is 1. The maximum Gasteiger partial charge on any atom is 0.412 e. The van der Waals surface area contributed by atoms with Crippen LogP contribution in [0.4, 0.5) is 20.4 Å². The molecule has 0 aliphatic carbocycles. The molecule has 3 rings (SSSR count). The Balaban J connectivity index is 1.76. The van der Waals surface area contributed by atoms with Gasteiger partial charge in [-0.05, 0) is 64.3 Å². The summed E-state index contributed by atoms with van der Waals surface area (Å²) in [6.45, 7) is 14.3. The number of thiazole rings is 1. The van der Waals surface area contributed by atoms with E-state index < -0.39 is 29.1 Å². The number of alkyl carbamates (subject to hydrolysis) is 1. The predicted molar refractivity (Wildman–Crippen MR) is 174 cm³/mol. The first-order valence-electron chi connectivity index (χ1n) is 15.0. The molecule has 0 saturated carbocycles. The fourth-order valence-electron chi connectivity index (χ4n) is 4.88. The van der Waals surface area contributed by atoms with Crippen molar-refractivity contribution < 1.29 is 28.7 Å². The first-order valence-corrected chi connectivity index (χ1v) is 15.8. The fourth-order valence-corrected chi connectivity index (χ4v) is 5.98. The lowest BCUT2D eigenvalue weighted by molar-refractivity contribution is -0.202. The summed E-state index contributed by atoms with van der Waals surface area (Å²) in [5.41, 5.74) is 6.36. The zero-order valence-electron chi connectivity index (χ0n) is 27.5. The molecule has 1 aromatic carbocycles. The van der Waals surface area contributed by atoms with E-state index in [2.05, 4.69) is 26.2 Å². The van der Waals surface area contributed by atoms with Crippen molar-refractivity contribution in [3.63, 3.8) is 0 Å². The number of carbonyl (C=O) groups excluding carboxylic acids is 4. The Bertz CT molecular complexity index is 1370. The van der Waals surface area contributed by atoms with E-state index in [1.165, 1.54) is 18.3 Å². The molecule has 1 fully saturated rings. The van der Waals surface area contributed by atoms with Crippen LogP contribution in [0.5, 0.6) is 0 Å². The van der Waals surface area contributed by atoms with Crippen LogP contribution in [0.2, 0.25) is 0 Å². The van der Waals surface area contributed by atoms with E-state index in [1.807, 2.05) is 12.1 Å². The molecule has 1 aliphatic rings. The van der Waals surface area contributed by atoms with Gasteiger partial charge >= 0.3 is 18.1 Å². The van der Waals surface area contributed by atoms with Gasteiger partial charge in [-0.2, -0.15) is 0 Å². The van der Waals surface area contributed by atoms with E-state index in [0.717, 1.165) is 29.1 Å². The second-order valence-corrected chi connectivity index (χ2v) is 14.4. The number of carbonyl (C=O) groups is 4. The summed E-state index contributed by atoms with van der Waals surface area (Å²) in [5, 5.41) is 11.9. The number of amides is 4. The Labute approximate surface area is 269 Å². The van der Waals surface area contributed by atoms with E-state index in [0.29, 0.717) is 36.8 Å². The van der Waals surface area contributed by atoms with Crippen molar-refractivity contribution in [3.05, 3.63) is 40.4 Å². The van der Waals surface area contributed by atoms with Gasteiger partial charge in [0, 0.05) is 43.2 Å². The first-order chi connectivity index (χ1) is 20.9. The minimum atomic E-state index is -1.91. The van der Waals surface area contributed by atoms with Gasteiger partial charge in [-0.15, -0.1) is 11.3 Å². The quantitative estimate of drug-likeness (QED) is 0.224. The lowest BCUT2D eigenvalue weighted by atomic mass is 9.90. The van der Waals surface area contributed by atoms with Crippen LogP contribution in [-0.2, 0) is 38.4 Å². The third-order valence-corrected chi connectivity index (χ3v) is 8.17. The molecule has 1 aliphatic heterocycles. The van der Waals surface area contributed by atoms with Crippen LogP contribution in [0, 0.1) is 11.3 Å². The smallest absolute Gasteiger partial charge is 0.387 e. The highest BCUT2D eigenvalue weighted by Crippen LogP contribution is 2.37. The number of nitrogens with one attached hydrogen (secondary N) is 4. The number of nitrogens with zero attached hydrogens (tertiary/aromatic N) is 2. The lowest BCUT2D eigenvalue weighted by Crippen LogP contribution is -2.59. The highest BCUT2D eigenvalue weighted by atomic mass is 32.1. The van der Waals surface area contributed by atoms with Crippen molar-refractivity contribution in [2.45, 2.75) is 85.7 Å². The highest BCUT2D eigenvalue weighted by Gasteiger charge is 2.50. The molecule has 2 aromatic rings. The van der Waals surface area contributed by atoms with E-state index in [-0.39, 0.29) is 17.7 Å². The van der Waals surface area contributed by atoms with Gasteiger partial charge in [-0.25, -0.2) is 14.6 Å². The Kier molecular flexibility index (Phi) is 11.4. The molecule has 0 radical (unpaired) electrons.